The van der Waals surface area contributed by atoms with Crippen LogP contribution < -0.4 is 10.6 Å². The smallest absolute Gasteiger partial charge is 0.224 e. The van der Waals surface area contributed by atoms with E-state index in [-0.39, 0.29) is 23.7 Å². The summed E-state index contributed by atoms with van der Waals surface area (Å²) in [5.41, 5.74) is 3.09. The van der Waals surface area contributed by atoms with Gasteiger partial charge in [-0.3, -0.25) is 4.79 Å². The molecule has 120 valence electrons. The van der Waals surface area contributed by atoms with E-state index in [1.54, 1.807) is 0 Å². The van der Waals surface area contributed by atoms with Gasteiger partial charge in [0.25, 0.3) is 0 Å². The van der Waals surface area contributed by atoms with Gasteiger partial charge in [0, 0.05) is 17.4 Å². The van der Waals surface area contributed by atoms with Crippen LogP contribution in [0.4, 0.5) is 0 Å². The van der Waals surface area contributed by atoms with Crippen molar-refractivity contribution in [2.75, 3.05) is 13.1 Å². The summed E-state index contributed by atoms with van der Waals surface area (Å²) in [6.45, 7) is 4.27. The number of carbonyl (C=O) groups excluding carboxylic acids is 1. The highest BCUT2D eigenvalue weighted by Gasteiger charge is 2.61. The summed E-state index contributed by atoms with van der Waals surface area (Å²) in [4.78, 5) is 12.7. The first-order valence-corrected chi connectivity index (χ1v) is 8.30. The van der Waals surface area contributed by atoms with E-state index in [1.807, 2.05) is 0 Å². The van der Waals surface area contributed by atoms with Crippen molar-refractivity contribution in [3.05, 3.63) is 35.4 Å². The van der Waals surface area contributed by atoms with Crippen molar-refractivity contribution in [1.29, 1.82) is 0 Å². The Morgan fingerprint density at radius 3 is 3.00 bits per heavy atom. The van der Waals surface area contributed by atoms with Gasteiger partial charge in [0.05, 0.1) is 0 Å². The van der Waals surface area contributed by atoms with Crippen molar-refractivity contribution >= 4 is 18.3 Å². The summed E-state index contributed by atoms with van der Waals surface area (Å²) in [5.74, 6) is 1.04. The predicted molar refractivity (Wildman–Crippen MR) is 90.4 cm³/mol. The molecule has 1 saturated heterocycles. The Hall–Kier alpha value is -1.06. The average Bonchev–Trinajstić information content (AvgIpc) is 3.12. The molecule has 4 rings (SSSR count). The van der Waals surface area contributed by atoms with Gasteiger partial charge in [0.2, 0.25) is 5.91 Å². The summed E-state index contributed by atoms with van der Waals surface area (Å²) in [7, 11) is 0. The minimum atomic E-state index is 0. The number of fused-ring (bicyclic) bond motifs is 2. The Bertz CT molecular complexity index is 576. The third-order valence-electron chi connectivity index (χ3n) is 5.90. The molecule has 3 aliphatic rings. The number of benzene rings is 1. The second kappa shape index (κ2) is 5.86. The van der Waals surface area contributed by atoms with Crippen molar-refractivity contribution in [2.24, 2.45) is 11.8 Å². The van der Waals surface area contributed by atoms with Crippen LogP contribution in [0.15, 0.2) is 24.3 Å². The molecule has 2 fully saturated rings. The van der Waals surface area contributed by atoms with Gasteiger partial charge in [-0.25, -0.2) is 0 Å². The zero-order chi connectivity index (χ0) is 14.4. The highest BCUT2D eigenvalue weighted by atomic mass is 35.5. The maximum absolute atomic E-state index is 12.7. The molecule has 1 heterocycles. The molecular formula is C18H25ClN2O. The minimum absolute atomic E-state index is 0. The van der Waals surface area contributed by atoms with Crippen LogP contribution in [0.5, 0.6) is 0 Å². The zero-order valence-corrected chi connectivity index (χ0v) is 13.9. The van der Waals surface area contributed by atoms with Crippen LogP contribution in [0.1, 0.15) is 37.3 Å². The Morgan fingerprint density at radius 2 is 2.18 bits per heavy atom. The average molecular weight is 321 g/mol. The first kappa shape index (κ1) is 15.8. The SMILES string of the molecule is CC1CNCCC1NC(=O)C1CC12CCc1ccccc12.Cl. The third-order valence-corrected chi connectivity index (χ3v) is 5.90. The molecule has 0 aromatic heterocycles. The molecule has 22 heavy (non-hydrogen) atoms. The first-order valence-electron chi connectivity index (χ1n) is 8.30. The van der Waals surface area contributed by atoms with Gasteiger partial charge in [-0.2, -0.15) is 0 Å². The van der Waals surface area contributed by atoms with Crippen molar-refractivity contribution in [2.45, 2.75) is 44.1 Å². The minimum Gasteiger partial charge on any atom is -0.353 e. The topological polar surface area (TPSA) is 41.1 Å². The van der Waals surface area contributed by atoms with Gasteiger partial charge in [-0.15, -0.1) is 12.4 Å². The van der Waals surface area contributed by atoms with E-state index >= 15 is 0 Å². The van der Waals surface area contributed by atoms with Crippen molar-refractivity contribution in [1.82, 2.24) is 10.6 Å². The lowest BCUT2D eigenvalue weighted by molar-refractivity contribution is -0.124. The van der Waals surface area contributed by atoms with Crippen LogP contribution in [-0.4, -0.2) is 25.0 Å². The van der Waals surface area contributed by atoms with E-state index in [0.29, 0.717) is 17.9 Å². The molecule has 3 nitrogen and oxygen atoms in total. The number of aryl methyl sites for hydroxylation is 1. The third kappa shape index (κ3) is 2.44. The maximum Gasteiger partial charge on any atom is 0.224 e. The predicted octanol–water partition coefficient (Wildman–Crippen LogP) is 2.43. The Balaban J connectivity index is 0.00000144. The molecule has 2 aliphatic carbocycles. The summed E-state index contributed by atoms with van der Waals surface area (Å²) < 4.78 is 0. The van der Waals surface area contributed by atoms with Crippen LogP contribution in [0.25, 0.3) is 0 Å². The van der Waals surface area contributed by atoms with Gasteiger partial charge in [-0.1, -0.05) is 31.2 Å². The van der Waals surface area contributed by atoms with Gasteiger partial charge in [0.15, 0.2) is 0 Å². The Morgan fingerprint density at radius 1 is 1.36 bits per heavy atom. The number of halogens is 1. The highest BCUT2D eigenvalue weighted by Crippen LogP contribution is 2.61. The fourth-order valence-electron chi connectivity index (χ4n) is 4.45. The maximum atomic E-state index is 12.7. The molecule has 1 spiro atoms. The van der Waals surface area contributed by atoms with Gasteiger partial charge < -0.3 is 10.6 Å². The zero-order valence-electron chi connectivity index (χ0n) is 13.1. The molecule has 2 N–H and O–H groups in total. The second-order valence-electron chi connectivity index (χ2n) is 7.16. The summed E-state index contributed by atoms with van der Waals surface area (Å²) >= 11 is 0. The summed E-state index contributed by atoms with van der Waals surface area (Å²) in [6.07, 6.45) is 4.41. The molecule has 4 unspecified atom stereocenters. The van der Waals surface area contributed by atoms with Crippen molar-refractivity contribution in [3.8, 4) is 0 Å². The standard InChI is InChI=1S/C18H24N2O.ClH/c1-12-11-19-9-7-16(12)20-17(21)15-10-18(15)8-6-13-4-2-3-5-14(13)18;/h2-5,12,15-16,19H,6-11H2,1H3,(H,20,21);1H. The number of amides is 1. The monoisotopic (exact) mass is 320 g/mol. The van der Waals surface area contributed by atoms with Gasteiger partial charge in [-0.05, 0) is 55.8 Å². The number of hydrogen-bond donors (Lipinski definition) is 2. The number of hydrogen-bond acceptors (Lipinski definition) is 2. The van der Waals surface area contributed by atoms with Crippen LogP contribution in [0.2, 0.25) is 0 Å². The lowest BCUT2D eigenvalue weighted by Crippen LogP contribution is -2.49. The van der Waals surface area contributed by atoms with E-state index in [1.165, 1.54) is 11.1 Å². The van der Waals surface area contributed by atoms with Crippen molar-refractivity contribution < 1.29 is 4.79 Å². The van der Waals surface area contributed by atoms with Gasteiger partial charge in [0.1, 0.15) is 0 Å². The largest absolute Gasteiger partial charge is 0.353 e. The van der Waals surface area contributed by atoms with Gasteiger partial charge >= 0.3 is 0 Å². The molecule has 4 atom stereocenters. The quantitative estimate of drug-likeness (QED) is 0.878. The van der Waals surface area contributed by atoms with Crippen LogP contribution in [0, 0.1) is 11.8 Å². The highest BCUT2D eigenvalue weighted by molar-refractivity contribution is 5.85. The second-order valence-corrected chi connectivity index (χ2v) is 7.16. The summed E-state index contributed by atoms with van der Waals surface area (Å²) in [5, 5.41) is 6.73. The fraction of sp³-hybridized carbons (Fsp3) is 0.611. The number of piperidine rings is 1. The molecule has 1 aromatic rings. The lowest BCUT2D eigenvalue weighted by Gasteiger charge is -2.30. The Kier molecular flexibility index (Phi) is 4.21. The van der Waals surface area contributed by atoms with Crippen LogP contribution in [-0.2, 0) is 16.6 Å². The normalized spacial score (nSPS) is 35.6. The van der Waals surface area contributed by atoms with E-state index in [9.17, 15) is 4.79 Å². The van der Waals surface area contributed by atoms with E-state index in [4.69, 9.17) is 0 Å². The number of rotatable bonds is 2. The fourth-order valence-corrected chi connectivity index (χ4v) is 4.45. The van der Waals surface area contributed by atoms with Crippen molar-refractivity contribution in [3.63, 3.8) is 0 Å². The Labute approximate surface area is 138 Å². The number of nitrogens with one attached hydrogen (secondary N) is 2. The molecule has 1 aromatic carbocycles. The molecule has 0 radical (unpaired) electrons. The van der Waals surface area contributed by atoms with E-state index in [0.717, 1.165) is 38.8 Å². The summed E-state index contributed by atoms with van der Waals surface area (Å²) in [6, 6.07) is 9.06. The molecule has 1 aliphatic heterocycles. The molecule has 0 bridgehead atoms. The van der Waals surface area contributed by atoms with Crippen LogP contribution >= 0.6 is 12.4 Å². The molecule has 1 saturated carbocycles. The molecule has 1 amide bonds. The lowest BCUT2D eigenvalue weighted by atomic mass is 9.93. The van der Waals surface area contributed by atoms with E-state index in [2.05, 4.69) is 41.8 Å². The van der Waals surface area contributed by atoms with E-state index < -0.39 is 0 Å². The molecular weight excluding hydrogens is 296 g/mol. The first-order chi connectivity index (χ1) is 10.2. The number of carbonyl (C=O) groups is 1. The van der Waals surface area contributed by atoms with Crippen LogP contribution in [0.3, 0.4) is 0 Å². The molecule has 4 heteroatoms.